The van der Waals surface area contributed by atoms with Crippen LogP contribution in [-0.4, -0.2) is 32.1 Å². The monoisotopic (exact) mass is 390 g/mol. The third-order valence-electron chi connectivity index (χ3n) is 3.38. The predicted octanol–water partition coefficient (Wildman–Crippen LogP) is 3.70. The van der Waals surface area contributed by atoms with E-state index < -0.39 is 12.1 Å². The van der Waals surface area contributed by atoms with Crippen molar-refractivity contribution in [3.05, 3.63) is 58.6 Å². The summed E-state index contributed by atoms with van der Waals surface area (Å²) in [6, 6.07) is 14.2. The number of hydrogen-bond acceptors (Lipinski definition) is 4. The van der Waals surface area contributed by atoms with Gasteiger partial charge in [-0.25, -0.2) is 4.79 Å². The van der Waals surface area contributed by atoms with E-state index in [0.717, 1.165) is 10.2 Å². The molecule has 24 heavy (non-hydrogen) atoms. The molecule has 0 fully saturated rings. The Kier molecular flexibility index (Phi) is 5.98. The Morgan fingerprint density at radius 2 is 1.62 bits per heavy atom. The third kappa shape index (κ3) is 4.83. The van der Waals surface area contributed by atoms with Gasteiger partial charge < -0.3 is 15.0 Å². The first-order chi connectivity index (χ1) is 11.4. The predicted molar refractivity (Wildman–Crippen MR) is 98.4 cm³/mol. The highest BCUT2D eigenvalue weighted by Gasteiger charge is 2.19. The van der Waals surface area contributed by atoms with Crippen molar-refractivity contribution in [3.63, 3.8) is 0 Å². The van der Waals surface area contributed by atoms with Gasteiger partial charge in [-0.1, -0.05) is 15.9 Å². The van der Waals surface area contributed by atoms with Crippen molar-refractivity contribution in [3.8, 4) is 0 Å². The number of hydrogen-bond donors (Lipinski definition) is 1. The topological polar surface area (TPSA) is 58.6 Å². The maximum Gasteiger partial charge on any atom is 0.338 e. The standard InChI is InChI=1S/C18H19BrN2O3/c1-12(17(22)20-15-8-6-14(19)7-9-15)24-18(23)13-4-10-16(11-5-13)21(2)3/h4-12H,1-3H3,(H,20,22)/t12-/m1/s1. The van der Waals surface area contributed by atoms with Crippen LogP contribution in [0, 0.1) is 0 Å². The average Bonchev–Trinajstić information content (AvgIpc) is 2.56. The second-order valence-corrected chi connectivity index (χ2v) is 6.40. The van der Waals surface area contributed by atoms with Crippen molar-refractivity contribution in [1.82, 2.24) is 0 Å². The summed E-state index contributed by atoms with van der Waals surface area (Å²) in [4.78, 5) is 26.2. The molecule has 0 saturated heterocycles. The first kappa shape index (κ1) is 18.0. The minimum atomic E-state index is -0.894. The maximum absolute atomic E-state index is 12.1. The second-order valence-electron chi connectivity index (χ2n) is 5.48. The third-order valence-corrected chi connectivity index (χ3v) is 3.91. The molecule has 1 N–H and O–H groups in total. The molecule has 2 aromatic rings. The number of benzene rings is 2. The molecule has 5 nitrogen and oxygen atoms in total. The van der Waals surface area contributed by atoms with Gasteiger partial charge in [0, 0.05) is 29.9 Å². The van der Waals surface area contributed by atoms with E-state index in [1.54, 1.807) is 31.2 Å². The van der Waals surface area contributed by atoms with Crippen LogP contribution in [0.3, 0.4) is 0 Å². The molecule has 2 rings (SSSR count). The normalized spacial score (nSPS) is 11.5. The lowest BCUT2D eigenvalue weighted by molar-refractivity contribution is -0.123. The van der Waals surface area contributed by atoms with E-state index in [4.69, 9.17) is 4.74 Å². The zero-order valence-electron chi connectivity index (χ0n) is 13.7. The molecule has 0 radical (unpaired) electrons. The van der Waals surface area contributed by atoms with Gasteiger partial charge in [0.2, 0.25) is 0 Å². The first-order valence-electron chi connectivity index (χ1n) is 7.41. The van der Waals surface area contributed by atoms with E-state index in [0.29, 0.717) is 11.3 Å². The number of nitrogens with one attached hydrogen (secondary N) is 1. The van der Waals surface area contributed by atoms with Gasteiger partial charge in [-0.15, -0.1) is 0 Å². The fourth-order valence-electron chi connectivity index (χ4n) is 1.95. The minimum absolute atomic E-state index is 0.379. The number of halogens is 1. The number of amides is 1. The Balaban J connectivity index is 1.94. The van der Waals surface area contributed by atoms with Crippen LogP contribution in [0.4, 0.5) is 11.4 Å². The molecule has 6 heteroatoms. The number of anilines is 2. The van der Waals surface area contributed by atoms with Gasteiger partial charge in [-0.2, -0.15) is 0 Å². The molecule has 2 aromatic carbocycles. The SMILES string of the molecule is C[C@@H](OC(=O)c1ccc(N(C)C)cc1)C(=O)Nc1ccc(Br)cc1. The van der Waals surface area contributed by atoms with Gasteiger partial charge in [0.05, 0.1) is 5.56 Å². The molecule has 0 aliphatic rings. The Labute approximate surface area is 149 Å². The van der Waals surface area contributed by atoms with Crippen LogP contribution in [0.15, 0.2) is 53.0 Å². The smallest absolute Gasteiger partial charge is 0.338 e. The number of ether oxygens (including phenoxy) is 1. The summed E-state index contributed by atoms with van der Waals surface area (Å²) in [6.07, 6.45) is -0.894. The van der Waals surface area contributed by atoms with Crippen LogP contribution < -0.4 is 10.2 Å². The van der Waals surface area contributed by atoms with Gasteiger partial charge in [0.15, 0.2) is 6.10 Å². The van der Waals surface area contributed by atoms with Gasteiger partial charge in [-0.05, 0) is 55.5 Å². The number of carbonyl (C=O) groups is 2. The van der Waals surface area contributed by atoms with Crippen molar-refractivity contribution in [1.29, 1.82) is 0 Å². The van der Waals surface area contributed by atoms with Crippen LogP contribution >= 0.6 is 15.9 Å². The summed E-state index contributed by atoms with van der Waals surface area (Å²) >= 11 is 3.33. The molecular formula is C18H19BrN2O3. The van der Waals surface area contributed by atoms with Crippen molar-refractivity contribution in [2.45, 2.75) is 13.0 Å². The van der Waals surface area contributed by atoms with Crippen LogP contribution in [0.1, 0.15) is 17.3 Å². The molecule has 0 aliphatic heterocycles. The molecule has 0 unspecified atom stereocenters. The number of nitrogens with zero attached hydrogens (tertiary/aromatic N) is 1. The Bertz CT molecular complexity index is 712. The summed E-state index contributed by atoms with van der Waals surface area (Å²) in [5.74, 6) is -0.908. The highest BCUT2D eigenvalue weighted by molar-refractivity contribution is 9.10. The number of rotatable bonds is 5. The lowest BCUT2D eigenvalue weighted by Gasteiger charge is -2.15. The van der Waals surface area contributed by atoms with Crippen molar-refractivity contribution >= 4 is 39.2 Å². The van der Waals surface area contributed by atoms with Gasteiger partial charge >= 0.3 is 5.97 Å². The molecule has 0 saturated carbocycles. The summed E-state index contributed by atoms with van der Waals surface area (Å²) in [5, 5.41) is 2.71. The molecule has 0 aliphatic carbocycles. The Morgan fingerprint density at radius 3 is 2.17 bits per heavy atom. The fourth-order valence-corrected chi connectivity index (χ4v) is 2.22. The van der Waals surface area contributed by atoms with Crippen molar-refractivity contribution in [2.75, 3.05) is 24.3 Å². The van der Waals surface area contributed by atoms with Crippen molar-refractivity contribution < 1.29 is 14.3 Å². The summed E-state index contributed by atoms with van der Waals surface area (Å²) in [5.41, 5.74) is 2.03. The lowest BCUT2D eigenvalue weighted by atomic mass is 10.2. The second kappa shape index (κ2) is 7.97. The number of carbonyl (C=O) groups excluding carboxylic acids is 2. The van der Waals surface area contributed by atoms with Crippen molar-refractivity contribution in [2.24, 2.45) is 0 Å². The zero-order valence-corrected chi connectivity index (χ0v) is 15.3. The molecular weight excluding hydrogens is 372 g/mol. The Hall–Kier alpha value is -2.34. The van der Waals surface area contributed by atoms with E-state index in [2.05, 4.69) is 21.2 Å². The van der Waals surface area contributed by atoms with Gasteiger partial charge in [0.25, 0.3) is 5.91 Å². The molecule has 0 heterocycles. The highest BCUT2D eigenvalue weighted by atomic mass is 79.9. The average molecular weight is 391 g/mol. The molecule has 0 bridgehead atoms. The van der Waals surface area contributed by atoms with E-state index in [9.17, 15) is 9.59 Å². The lowest BCUT2D eigenvalue weighted by Crippen LogP contribution is -2.30. The highest BCUT2D eigenvalue weighted by Crippen LogP contribution is 2.16. The first-order valence-corrected chi connectivity index (χ1v) is 8.21. The van der Waals surface area contributed by atoms with Crippen LogP contribution in [0.2, 0.25) is 0 Å². The Morgan fingerprint density at radius 1 is 1.04 bits per heavy atom. The largest absolute Gasteiger partial charge is 0.449 e. The fraction of sp³-hybridized carbons (Fsp3) is 0.222. The maximum atomic E-state index is 12.1. The van der Waals surface area contributed by atoms with E-state index >= 15 is 0 Å². The molecule has 0 spiro atoms. The van der Waals surface area contributed by atoms with Gasteiger partial charge in [0.1, 0.15) is 0 Å². The summed E-state index contributed by atoms with van der Waals surface area (Å²) < 4.78 is 6.14. The van der Waals surface area contributed by atoms with E-state index in [1.165, 1.54) is 0 Å². The summed E-state index contributed by atoms with van der Waals surface area (Å²) in [6.45, 7) is 1.54. The summed E-state index contributed by atoms with van der Waals surface area (Å²) in [7, 11) is 3.84. The minimum Gasteiger partial charge on any atom is -0.449 e. The van der Waals surface area contributed by atoms with E-state index in [1.807, 2.05) is 43.3 Å². The molecule has 1 atom stereocenters. The number of esters is 1. The molecule has 126 valence electrons. The van der Waals surface area contributed by atoms with Crippen LogP contribution in [0.5, 0.6) is 0 Å². The quantitative estimate of drug-likeness (QED) is 0.790. The molecule has 0 aromatic heterocycles. The van der Waals surface area contributed by atoms with Crippen LogP contribution in [-0.2, 0) is 9.53 Å². The zero-order chi connectivity index (χ0) is 17.7. The van der Waals surface area contributed by atoms with Gasteiger partial charge in [-0.3, -0.25) is 4.79 Å². The molecule has 1 amide bonds. The van der Waals surface area contributed by atoms with E-state index in [-0.39, 0.29) is 5.91 Å². The van der Waals surface area contributed by atoms with Crippen LogP contribution in [0.25, 0.3) is 0 Å².